The third-order valence-corrected chi connectivity index (χ3v) is 5.73. The molecule has 10 heteroatoms. The van der Waals surface area contributed by atoms with E-state index in [2.05, 4.69) is 15.6 Å². The van der Waals surface area contributed by atoms with Crippen LogP contribution in [0.3, 0.4) is 0 Å². The van der Waals surface area contributed by atoms with Crippen LogP contribution < -0.4 is 15.6 Å². The normalized spacial score (nSPS) is 11.1. The monoisotopic (exact) mass is 405 g/mol. The average molecular weight is 405 g/mol. The molecule has 3 aromatic rings. The van der Waals surface area contributed by atoms with E-state index in [0.29, 0.717) is 10.6 Å². The maximum Gasteiger partial charge on any atom is 0.279 e. The molecule has 0 fully saturated rings. The summed E-state index contributed by atoms with van der Waals surface area (Å²) in [4.78, 5) is 24.4. The SMILES string of the molecule is O=C(NNC(=O)c1cccs1)c1cccc(S(=O)(=O)NCc2ccco2)c1. The Hall–Kier alpha value is -2.95. The van der Waals surface area contributed by atoms with Gasteiger partial charge in [-0.05, 0) is 41.8 Å². The van der Waals surface area contributed by atoms with Gasteiger partial charge in [0.15, 0.2) is 0 Å². The van der Waals surface area contributed by atoms with Gasteiger partial charge in [0.05, 0.1) is 22.6 Å². The number of rotatable bonds is 6. The van der Waals surface area contributed by atoms with E-state index in [1.54, 1.807) is 29.6 Å². The first-order chi connectivity index (χ1) is 13.0. The zero-order valence-electron chi connectivity index (χ0n) is 13.8. The summed E-state index contributed by atoms with van der Waals surface area (Å²) in [6.45, 7) is -0.0113. The molecular formula is C17H15N3O5S2. The molecule has 3 rings (SSSR count). The third-order valence-electron chi connectivity index (χ3n) is 3.46. The summed E-state index contributed by atoms with van der Waals surface area (Å²) in [6, 6.07) is 12.1. The molecule has 0 atom stereocenters. The maximum atomic E-state index is 12.4. The average Bonchev–Trinajstić information content (AvgIpc) is 3.38. The van der Waals surface area contributed by atoms with Crippen molar-refractivity contribution in [2.75, 3.05) is 0 Å². The van der Waals surface area contributed by atoms with Crippen LogP contribution in [0.5, 0.6) is 0 Å². The number of thiophene rings is 1. The molecule has 0 saturated carbocycles. The van der Waals surface area contributed by atoms with Crippen molar-refractivity contribution in [2.45, 2.75) is 11.4 Å². The number of furan rings is 1. The maximum absolute atomic E-state index is 12.4. The van der Waals surface area contributed by atoms with E-state index >= 15 is 0 Å². The third kappa shape index (κ3) is 4.82. The lowest BCUT2D eigenvalue weighted by Gasteiger charge is -2.09. The first kappa shape index (κ1) is 18.8. The minimum Gasteiger partial charge on any atom is -0.468 e. The predicted molar refractivity (Wildman–Crippen MR) is 98.4 cm³/mol. The van der Waals surface area contributed by atoms with Crippen molar-refractivity contribution in [2.24, 2.45) is 0 Å². The highest BCUT2D eigenvalue weighted by molar-refractivity contribution is 7.89. The van der Waals surface area contributed by atoms with Crippen molar-refractivity contribution in [3.8, 4) is 0 Å². The Bertz CT molecular complexity index is 1030. The van der Waals surface area contributed by atoms with Crippen LogP contribution in [0.15, 0.2) is 69.5 Å². The van der Waals surface area contributed by atoms with Crippen molar-refractivity contribution in [3.05, 3.63) is 76.4 Å². The molecule has 0 aliphatic carbocycles. The van der Waals surface area contributed by atoms with E-state index < -0.39 is 21.8 Å². The second-order valence-electron chi connectivity index (χ2n) is 5.32. The van der Waals surface area contributed by atoms with E-state index in [1.165, 1.54) is 41.9 Å². The summed E-state index contributed by atoms with van der Waals surface area (Å²) in [7, 11) is -3.83. The van der Waals surface area contributed by atoms with Gasteiger partial charge in [-0.15, -0.1) is 11.3 Å². The van der Waals surface area contributed by atoms with Crippen molar-refractivity contribution in [3.63, 3.8) is 0 Å². The van der Waals surface area contributed by atoms with Crippen LogP contribution in [-0.4, -0.2) is 20.2 Å². The summed E-state index contributed by atoms with van der Waals surface area (Å²) in [5.41, 5.74) is 4.62. The van der Waals surface area contributed by atoms with Crippen LogP contribution in [0.4, 0.5) is 0 Å². The van der Waals surface area contributed by atoms with E-state index in [9.17, 15) is 18.0 Å². The quantitative estimate of drug-likeness (QED) is 0.542. The molecule has 1 aromatic carbocycles. The van der Waals surface area contributed by atoms with Crippen LogP contribution in [0, 0.1) is 0 Å². The molecule has 8 nitrogen and oxygen atoms in total. The van der Waals surface area contributed by atoms with Gasteiger partial charge in [-0.2, -0.15) is 0 Å². The van der Waals surface area contributed by atoms with Gasteiger partial charge in [0.1, 0.15) is 5.76 Å². The number of benzene rings is 1. The Morgan fingerprint density at radius 3 is 2.52 bits per heavy atom. The lowest BCUT2D eigenvalue weighted by Crippen LogP contribution is -2.41. The van der Waals surface area contributed by atoms with Crippen LogP contribution in [0.1, 0.15) is 25.8 Å². The van der Waals surface area contributed by atoms with Gasteiger partial charge >= 0.3 is 0 Å². The van der Waals surface area contributed by atoms with E-state index in [4.69, 9.17) is 4.42 Å². The minimum absolute atomic E-state index is 0.0113. The van der Waals surface area contributed by atoms with Gasteiger partial charge < -0.3 is 4.42 Å². The first-order valence-electron chi connectivity index (χ1n) is 7.72. The number of amides is 2. The molecule has 2 heterocycles. The number of carbonyl (C=O) groups excluding carboxylic acids is 2. The highest BCUT2D eigenvalue weighted by Crippen LogP contribution is 2.13. The molecule has 0 aliphatic heterocycles. The van der Waals surface area contributed by atoms with Crippen molar-refractivity contribution in [1.29, 1.82) is 0 Å². The molecule has 0 spiro atoms. The van der Waals surface area contributed by atoms with Gasteiger partial charge in [0, 0.05) is 5.56 Å². The lowest BCUT2D eigenvalue weighted by molar-refractivity contribution is 0.0849. The van der Waals surface area contributed by atoms with Gasteiger partial charge in [-0.25, -0.2) is 13.1 Å². The van der Waals surface area contributed by atoms with E-state index in [1.807, 2.05) is 0 Å². The molecule has 0 unspecified atom stereocenters. The zero-order chi connectivity index (χ0) is 19.3. The van der Waals surface area contributed by atoms with Crippen LogP contribution in [-0.2, 0) is 16.6 Å². The number of hydrogen-bond acceptors (Lipinski definition) is 6. The van der Waals surface area contributed by atoms with Crippen molar-refractivity contribution >= 4 is 33.2 Å². The van der Waals surface area contributed by atoms with Gasteiger partial charge in [-0.1, -0.05) is 12.1 Å². The molecule has 140 valence electrons. The van der Waals surface area contributed by atoms with Crippen molar-refractivity contribution < 1.29 is 22.4 Å². The number of hydrazine groups is 1. The second-order valence-corrected chi connectivity index (χ2v) is 8.03. The fourth-order valence-corrected chi connectivity index (χ4v) is 3.78. The van der Waals surface area contributed by atoms with E-state index in [-0.39, 0.29) is 17.0 Å². The molecule has 2 amide bonds. The zero-order valence-corrected chi connectivity index (χ0v) is 15.5. The summed E-state index contributed by atoms with van der Waals surface area (Å²) in [5.74, 6) is -0.631. The molecule has 3 N–H and O–H groups in total. The van der Waals surface area contributed by atoms with Gasteiger partial charge in [0.25, 0.3) is 11.8 Å². The lowest BCUT2D eigenvalue weighted by atomic mass is 10.2. The molecule has 0 aliphatic rings. The molecule has 0 bridgehead atoms. The number of sulfonamides is 1. The van der Waals surface area contributed by atoms with Crippen LogP contribution in [0.25, 0.3) is 0 Å². The number of carbonyl (C=O) groups is 2. The Kier molecular flexibility index (Phi) is 5.69. The minimum atomic E-state index is -3.83. The van der Waals surface area contributed by atoms with Gasteiger partial charge in [0.2, 0.25) is 10.0 Å². The summed E-state index contributed by atoms with van der Waals surface area (Å²) < 4.78 is 32.2. The smallest absolute Gasteiger partial charge is 0.279 e. The summed E-state index contributed by atoms with van der Waals surface area (Å²) in [6.07, 6.45) is 1.44. The number of hydrogen-bond donors (Lipinski definition) is 3. The fraction of sp³-hybridized carbons (Fsp3) is 0.0588. The summed E-state index contributed by atoms with van der Waals surface area (Å²) in [5, 5.41) is 1.74. The van der Waals surface area contributed by atoms with E-state index in [0.717, 1.165) is 0 Å². The molecule has 0 radical (unpaired) electrons. The Labute approximate surface area is 159 Å². The molecule has 27 heavy (non-hydrogen) atoms. The predicted octanol–water partition coefficient (Wildman–Crippen LogP) is 1.89. The highest BCUT2D eigenvalue weighted by Gasteiger charge is 2.17. The Balaban J connectivity index is 1.65. The standard InChI is InChI=1S/C17H15N3O5S2/c21-16(19-20-17(22)15-7-3-9-26-15)12-4-1-6-14(10-12)27(23,24)18-11-13-5-2-8-25-13/h1-10,18H,11H2,(H,19,21)(H,20,22). The second kappa shape index (κ2) is 8.16. The highest BCUT2D eigenvalue weighted by atomic mass is 32.2. The Morgan fingerprint density at radius 1 is 1.00 bits per heavy atom. The topological polar surface area (TPSA) is 118 Å². The number of nitrogens with one attached hydrogen (secondary N) is 3. The van der Waals surface area contributed by atoms with Crippen LogP contribution in [0.2, 0.25) is 0 Å². The molecule has 2 aromatic heterocycles. The summed E-state index contributed by atoms with van der Waals surface area (Å²) >= 11 is 1.23. The fourth-order valence-electron chi connectivity index (χ4n) is 2.12. The van der Waals surface area contributed by atoms with Crippen LogP contribution >= 0.6 is 11.3 Å². The van der Waals surface area contributed by atoms with Crippen molar-refractivity contribution in [1.82, 2.24) is 15.6 Å². The molecular weight excluding hydrogens is 390 g/mol. The first-order valence-corrected chi connectivity index (χ1v) is 10.1. The van der Waals surface area contributed by atoms with Gasteiger partial charge in [-0.3, -0.25) is 20.4 Å². The largest absolute Gasteiger partial charge is 0.468 e. The Morgan fingerprint density at radius 2 is 1.81 bits per heavy atom. The molecule has 0 saturated heterocycles.